The van der Waals surface area contributed by atoms with Crippen LogP contribution >= 0.6 is 22.6 Å². The van der Waals surface area contributed by atoms with Crippen LogP contribution < -0.4 is 5.32 Å². The van der Waals surface area contributed by atoms with Gasteiger partial charge < -0.3 is 10.4 Å². The summed E-state index contributed by atoms with van der Waals surface area (Å²) < 4.78 is 1.27. The van der Waals surface area contributed by atoms with E-state index in [0.717, 1.165) is 24.1 Å². The Hall–Kier alpha value is -1.23. The summed E-state index contributed by atoms with van der Waals surface area (Å²) in [5.41, 5.74) is 4.78. The predicted molar refractivity (Wildman–Crippen MR) is 86.7 cm³/mol. The van der Waals surface area contributed by atoms with Crippen LogP contribution in [0.25, 0.3) is 0 Å². The molecule has 98 valence electrons. The van der Waals surface area contributed by atoms with Crippen molar-refractivity contribution < 1.29 is 5.11 Å². The van der Waals surface area contributed by atoms with Crippen molar-refractivity contribution in [1.82, 2.24) is 0 Å². The van der Waals surface area contributed by atoms with Crippen molar-refractivity contribution in [3.63, 3.8) is 0 Å². The lowest BCUT2D eigenvalue weighted by atomic mass is 10.1. The molecule has 0 spiro atoms. The van der Waals surface area contributed by atoms with Crippen LogP contribution in [-0.2, 0) is 6.42 Å². The Labute approximate surface area is 127 Å². The quantitative estimate of drug-likeness (QED) is 0.773. The van der Waals surface area contributed by atoms with Gasteiger partial charge in [0.25, 0.3) is 0 Å². The summed E-state index contributed by atoms with van der Waals surface area (Å²) in [4.78, 5) is 0. The number of halogens is 1. The van der Waals surface area contributed by atoms with Gasteiger partial charge in [0.1, 0.15) is 5.75 Å². The summed E-state index contributed by atoms with van der Waals surface area (Å²) in [5.74, 6) is 0.431. The number of fused-ring (bicyclic) bond motifs is 1. The van der Waals surface area contributed by atoms with Crippen molar-refractivity contribution in [2.24, 2.45) is 0 Å². The first-order valence-electron chi connectivity index (χ1n) is 6.48. The molecule has 0 saturated carbocycles. The minimum atomic E-state index is 0.306. The zero-order valence-electron chi connectivity index (χ0n) is 10.8. The fourth-order valence-electron chi connectivity index (χ4n) is 2.67. The second kappa shape index (κ2) is 5.04. The van der Waals surface area contributed by atoms with Gasteiger partial charge in [-0.05, 0) is 77.2 Å². The van der Waals surface area contributed by atoms with Gasteiger partial charge in [-0.2, -0.15) is 0 Å². The Bertz CT molecular complexity index is 624. The van der Waals surface area contributed by atoms with Crippen molar-refractivity contribution in [3.05, 3.63) is 56.7 Å². The molecule has 0 saturated heterocycles. The molecule has 3 heteroatoms. The van der Waals surface area contributed by atoms with Gasteiger partial charge in [0.2, 0.25) is 0 Å². The molecule has 0 fully saturated rings. The lowest BCUT2D eigenvalue weighted by Crippen LogP contribution is -2.07. The number of anilines is 1. The fourth-order valence-corrected chi connectivity index (χ4v) is 3.18. The molecule has 1 atom stereocenters. The first-order chi connectivity index (χ1) is 9.15. The van der Waals surface area contributed by atoms with Crippen LogP contribution in [0.2, 0.25) is 0 Å². The monoisotopic (exact) mass is 365 g/mol. The lowest BCUT2D eigenvalue weighted by Gasteiger charge is -2.16. The number of hydrogen-bond donors (Lipinski definition) is 2. The number of benzene rings is 2. The van der Waals surface area contributed by atoms with Crippen molar-refractivity contribution >= 4 is 28.3 Å². The number of aryl methyl sites for hydroxylation is 1. The number of phenols is 1. The van der Waals surface area contributed by atoms with Crippen molar-refractivity contribution in [1.29, 1.82) is 0 Å². The normalized spacial score (nSPS) is 17.3. The molecule has 2 aromatic rings. The first kappa shape index (κ1) is 12.8. The molecule has 0 aromatic heterocycles. The van der Waals surface area contributed by atoms with Crippen LogP contribution in [0.1, 0.15) is 29.2 Å². The smallest absolute Gasteiger partial charge is 0.119 e. The minimum Gasteiger partial charge on any atom is -0.508 e. The molecule has 1 unspecified atom stereocenters. The van der Waals surface area contributed by atoms with Gasteiger partial charge in [0.15, 0.2) is 0 Å². The van der Waals surface area contributed by atoms with E-state index in [4.69, 9.17) is 0 Å². The van der Waals surface area contributed by atoms with Crippen LogP contribution in [-0.4, -0.2) is 5.11 Å². The lowest BCUT2D eigenvalue weighted by molar-refractivity contribution is 0.469. The zero-order chi connectivity index (χ0) is 13.4. The number of aromatic hydroxyl groups is 1. The molecule has 0 heterocycles. The van der Waals surface area contributed by atoms with E-state index in [1.807, 2.05) is 6.07 Å². The fraction of sp³-hybridized carbons (Fsp3) is 0.250. The maximum atomic E-state index is 9.87. The third-order valence-electron chi connectivity index (χ3n) is 3.76. The molecule has 0 aliphatic heterocycles. The second-order valence-corrected chi connectivity index (χ2v) is 6.21. The van der Waals surface area contributed by atoms with E-state index >= 15 is 0 Å². The van der Waals surface area contributed by atoms with E-state index in [0.29, 0.717) is 11.8 Å². The summed E-state index contributed by atoms with van der Waals surface area (Å²) in [6, 6.07) is 12.6. The minimum absolute atomic E-state index is 0.306. The highest BCUT2D eigenvalue weighted by Gasteiger charge is 2.24. The zero-order valence-corrected chi connectivity index (χ0v) is 12.9. The van der Waals surface area contributed by atoms with Gasteiger partial charge in [-0.25, -0.2) is 0 Å². The van der Waals surface area contributed by atoms with Gasteiger partial charge in [-0.1, -0.05) is 18.2 Å². The van der Waals surface area contributed by atoms with Crippen LogP contribution in [0.5, 0.6) is 5.75 Å². The maximum absolute atomic E-state index is 9.87. The van der Waals surface area contributed by atoms with Gasteiger partial charge >= 0.3 is 0 Å². The molecule has 19 heavy (non-hydrogen) atoms. The Balaban J connectivity index is 1.86. The molecule has 2 aromatic carbocycles. The van der Waals surface area contributed by atoms with Gasteiger partial charge in [0, 0.05) is 9.26 Å². The van der Waals surface area contributed by atoms with E-state index in [1.165, 1.54) is 14.7 Å². The summed E-state index contributed by atoms with van der Waals surface area (Å²) in [5, 5.41) is 13.4. The van der Waals surface area contributed by atoms with Crippen LogP contribution in [0.4, 0.5) is 5.69 Å². The second-order valence-electron chi connectivity index (χ2n) is 5.04. The SMILES string of the molecule is Cc1ccc(NC2CCc3c(O)cccc32)cc1I. The Morgan fingerprint density at radius 3 is 2.89 bits per heavy atom. The van der Waals surface area contributed by atoms with Crippen molar-refractivity contribution in [2.75, 3.05) is 5.32 Å². The molecule has 1 aliphatic carbocycles. The molecule has 0 amide bonds. The molecule has 2 N–H and O–H groups in total. The molecule has 1 aliphatic rings. The van der Waals surface area contributed by atoms with E-state index in [9.17, 15) is 5.11 Å². The number of phenolic OH excluding ortho intramolecular Hbond substituents is 1. The molecule has 0 radical (unpaired) electrons. The molecule has 3 rings (SSSR count). The summed E-state index contributed by atoms with van der Waals surface area (Å²) >= 11 is 2.36. The van der Waals surface area contributed by atoms with Gasteiger partial charge in [0.05, 0.1) is 6.04 Å². The van der Waals surface area contributed by atoms with Crippen LogP contribution in [0.15, 0.2) is 36.4 Å². The summed E-state index contributed by atoms with van der Waals surface area (Å²) in [7, 11) is 0. The Morgan fingerprint density at radius 1 is 1.26 bits per heavy atom. The average Bonchev–Trinajstić information content (AvgIpc) is 2.79. The number of nitrogens with one attached hydrogen (secondary N) is 1. The highest BCUT2D eigenvalue weighted by atomic mass is 127. The highest BCUT2D eigenvalue weighted by Crippen LogP contribution is 2.38. The average molecular weight is 365 g/mol. The molecule has 0 bridgehead atoms. The van der Waals surface area contributed by atoms with E-state index < -0.39 is 0 Å². The molecular weight excluding hydrogens is 349 g/mol. The highest BCUT2D eigenvalue weighted by molar-refractivity contribution is 14.1. The summed E-state index contributed by atoms with van der Waals surface area (Å²) in [6.45, 7) is 2.12. The molecule has 2 nitrogen and oxygen atoms in total. The third-order valence-corrected chi connectivity index (χ3v) is 4.92. The predicted octanol–water partition coefficient (Wildman–Crippen LogP) is 4.40. The number of hydrogen-bond acceptors (Lipinski definition) is 2. The first-order valence-corrected chi connectivity index (χ1v) is 7.56. The molecular formula is C16H16INO. The van der Waals surface area contributed by atoms with E-state index in [1.54, 1.807) is 6.07 Å². The van der Waals surface area contributed by atoms with Crippen LogP contribution in [0.3, 0.4) is 0 Å². The Kier molecular flexibility index (Phi) is 3.39. The summed E-state index contributed by atoms with van der Waals surface area (Å²) in [6.07, 6.45) is 1.99. The standard InChI is InChI=1S/C16H16INO/c1-10-5-6-11(9-14(10)17)18-15-8-7-13-12(15)3-2-4-16(13)19/h2-6,9,15,18-19H,7-8H2,1H3. The third kappa shape index (κ3) is 2.43. The van der Waals surface area contributed by atoms with Crippen molar-refractivity contribution in [3.8, 4) is 5.75 Å². The number of rotatable bonds is 2. The Morgan fingerprint density at radius 2 is 2.11 bits per heavy atom. The van der Waals surface area contributed by atoms with Gasteiger partial charge in [-0.15, -0.1) is 0 Å². The maximum Gasteiger partial charge on any atom is 0.119 e. The van der Waals surface area contributed by atoms with Gasteiger partial charge in [-0.3, -0.25) is 0 Å². The van der Waals surface area contributed by atoms with Crippen molar-refractivity contribution in [2.45, 2.75) is 25.8 Å². The van der Waals surface area contributed by atoms with Crippen LogP contribution in [0, 0.1) is 10.5 Å². The van der Waals surface area contributed by atoms with E-state index in [-0.39, 0.29) is 0 Å². The largest absolute Gasteiger partial charge is 0.508 e. The topological polar surface area (TPSA) is 32.3 Å². The van der Waals surface area contributed by atoms with E-state index in [2.05, 4.69) is 59.1 Å².